The van der Waals surface area contributed by atoms with Crippen LogP contribution in [0.2, 0.25) is 0 Å². The summed E-state index contributed by atoms with van der Waals surface area (Å²) in [5, 5.41) is 12.7. The van der Waals surface area contributed by atoms with E-state index in [1.54, 1.807) is 0 Å². The standard InChI is InChI=1S/C16H21N3O/c17-10-13-9-12-5-1-2-7-15(12)19-16(13)20-11-14-6-3-4-8-18-14/h9,14,18H,1-8,11H2. The molecule has 106 valence electrons. The lowest BCUT2D eigenvalue weighted by Gasteiger charge is -2.24. The second kappa shape index (κ2) is 6.23. The first-order valence-corrected chi connectivity index (χ1v) is 7.66. The number of hydrogen-bond acceptors (Lipinski definition) is 4. The fourth-order valence-electron chi connectivity index (χ4n) is 3.05. The summed E-state index contributed by atoms with van der Waals surface area (Å²) in [7, 11) is 0. The van der Waals surface area contributed by atoms with Gasteiger partial charge >= 0.3 is 0 Å². The zero-order chi connectivity index (χ0) is 13.8. The molecule has 1 atom stereocenters. The molecule has 1 aliphatic heterocycles. The van der Waals surface area contributed by atoms with Gasteiger partial charge in [0.05, 0.1) is 0 Å². The van der Waals surface area contributed by atoms with Crippen molar-refractivity contribution in [1.29, 1.82) is 5.26 Å². The Hall–Kier alpha value is -1.60. The van der Waals surface area contributed by atoms with Crippen molar-refractivity contribution in [2.75, 3.05) is 13.2 Å². The number of rotatable bonds is 3. The Kier molecular flexibility index (Phi) is 4.17. The molecular formula is C16H21N3O. The number of pyridine rings is 1. The van der Waals surface area contributed by atoms with Crippen LogP contribution in [-0.4, -0.2) is 24.2 Å². The zero-order valence-corrected chi connectivity index (χ0v) is 11.8. The Morgan fingerprint density at radius 1 is 1.30 bits per heavy atom. The average Bonchev–Trinajstić information content (AvgIpc) is 2.53. The topological polar surface area (TPSA) is 57.9 Å². The van der Waals surface area contributed by atoms with E-state index in [-0.39, 0.29) is 0 Å². The Morgan fingerprint density at radius 3 is 3.00 bits per heavy atom. The van der Waals surface area contributed by atoms with Crippen LogP contribution in [0.15, 0.2) is 6.07 Å². The lowest BCUT2D eigenvalue weighted by Crippen LogP contribution is -2.38. The van der Waals surface area contributed by atoms with E-state index in [0.717, 1.165) is 31.5 Å². The molecule has 20 heavy (non-hydrogen) atoms. The molecule has 4 nitrogen and oxygen atoms in total. The normalized spacial score (nSPS) is 21.9. The predicted molar refractivity (Wildman–Crippen MR) is 76.7 cm³/mol. The van der Waals surface area contributed by atoms with Gasteiger partial charge in [-0.05, 0) is 56.7 Å². The fourth-order valence-corrected chi connectivity index (χ4v) is 3.05. The number of aryl methyl sites for hydroxylation is 2. The van der Waals surface area contributed by atoms with Crippen molar-refractivity contribution in [3.8, 4) is 11.9 Å². The quantitative estimate of drug-likeness (QED) is 0.917. The predicted octanol–water partition coefficient (Wildman–Crippen LogP) is 2.35. The molecule has 1 saturated heterocycles. The SMILES string of the molecule is N#Cc1cc2c(nc1OCC1CCCCN1)CCCC2. The molecular weight excluding hydrogens is 250 g/mol. The third-order valence-corrected chi connectivity index (χ3v) is 4.22. The van der Waals surface area contributed by atoms with Gasteiger partial charge in [0.25, 0.3) is 0 Å². The van der Waals surface area contributed by atoms with Crippen LogP contribution in [-0.2, 0) is 12.8 Å². The molecule has 0 aromatic carbocycles. The summed E-state index contributed by atoms with van der Waals surface area (Å²) in [6, 6.07) is 4.60. The average molecular weight is 271 g/mol. The Balaban J connectivity index is 1.72. The van der Waals surface area contributed by atoms with Gasteiger partial charge in [-0.3, -0.25) is 0 Å². The molecule has 4 heteroatoms. The molecule has 1 aliphatic carbocycles. The highest BCUT2D eigenvalue weighted by atomic mass is 16.5. The number of nitrogens with zero attached hydrogens (tertiary/aromatic N) is 2. The molecule has 1 N–H and O–H groups in total. The van der Waals surface area contributed by atoms with Crippen molar-refractivity contribution in [1.82, 2.24) is 10.3 Å². The van der Waals surface area contributed by atoms with Gasteiger partial charge in [0.2, 0.25) is 5.88 Å². The highest BCUT2D eigenvalue weighted by Crippen LogP contribution is 2.25. The molecule has 2 aliphatic rings. The van der Waals surface area contributed by atoms with Crippen LogP contribution in [0.1, 0.15) is 48.9 Å². The van der Waals surface area contributed by atoms with Gasteiger partial charge in [-0.25, -0.2) is 4.98 Å². The minimum atomic E-state index is 0.396. The second-order valence-corrected chi connectivity index (χ2v) is 5.72. The maximum absolute atomic E-state index is 9.27. The van der Waals surface area contributed by atoms with Gasteiger partial charge in [0, 0.05) is 11.7 Å². The minimum Gasteiger partial charge on any atom is -0.475 e. The van der Waals surface area contributed by atoms with Crippen LogP contribution in [0.25, 0.3) is 0 Å². The summed E-state index contributed by atoms with van der Waals surface area (Å²) in [5.74, 6) is 0.528. The summed E-state index contributed by atoms with van der Waals surface area (Å²) in [6.45, 7) is 1.68. The van der Waals surface area contributed by atoms with Crippen LogP contribution in [0, 0.1) is 11.3 Å². The number of ether oxygens (including phenoxy) is 1. The number of fused-ring (bicyclic) bond motifs is 1. The summed E-state index contributed by atoms with van der Waals surface area (Å²) in [6.07, 6.45) is 8.09. The summed E-state index contributed by atoms with van der Waals surface area (Å²) in [4.78, 5) is 4.60. The first-order valence-electron chi connectivity index (χ1n) is 7.66. The van der Waals surface area contributed by atoms with E-state index in [2.05, 4.69) is 16.4 Å². The molecule has 1 unspecified atom stereocenters. The van der Waals surface area contributed by atoms with Crippen molar-refractivity contribution in [2.24, 2.45) is 0 Å². The number of piperidine rings is 1. The molecule has 2 heterocycles. The monoisotopic (exact) mass is 271 g/mol. The van der Waals surface area contributed by atoms with Crippen LogP contribution in [0.3, 0.4) is 0 Å². The number of nitrogens with one attached hydrogen (secondary N) is 1. The highest BCUT2D eigenvalue weighted by molar-refractivity contribution is 5.43. The summed E-state index contributed by atoms with van der Waals surface area (Å²) >= 11 is 0. The van der Waals surface area contributed by atoms with E-state index in [1.807, 2.05) is 6.07 Å². The third kappa shape index (κ3) is 2.94. The molecule has 0 saturated carbocycles. The number of hydrogen-bond donors (Lipinski definition) is 1. The minimum absolute atomic E-state index is 0.396. The molecule has 0 spiro atoms. The van der Waals surface area contributed by atoms with Crippen LogP contribution in [0.5, 0.6) is 5.88 Å². The second-order valence-electron chi connectivity index (χ2n) is 5.72. The van der Waals surface area contributed by atoms with E-state index < -0.39 is 0 Å². The van der Waals surface area contributed by atoms with Crippen LogP contribution >= 0.6 is 0 Å². The van der Waals surface area contributed by atoms with Gasteiger partial charge in [0.1, 0.15) is 18.2 Å². The van der Waals surface area contributed by atoms with Crippen molar-refractivity contribution in [3.05, 3.63) is 22.9 Å². The Labute approximate surface area is 120 Å². The first kappa shape index (κ1) is 13.4. The van der Waals surface area contributed by atoms with Gasteiger partial charge in [-0.15, -0.1) is 0 Å². The summed E-state index contributed by atoms with van der Waals surface area (Å²) in [5.41, 5.74) is 2.94. The van der Waals surface area contributed by atoms with Crippen molar-refractivity contribution < 1.29 is 4.74 Å². The van der Waals surface area contributed by atoms with Gasteiger partial charge in [0.15, 0.2) is 0 Å². The molecule has 0 amide bonds. The van der Waals surface area contributed by atoms with E-state index in [1.165, 1.54) is 31.2 Å². The molecule has 1 fully saturated rings. The van der Waals surface area contributed by atoms with E-state index in [4.69, 9.17) is 4.74 Å². The molecule has 3 rings (SSSR count). The smallest absolute Gasteiger partial charge is 0.231 e. The van der Waals surface area contributed by atoms with Crippen LogP contribution < -0.4 is 10.1 Å². The maximum Gasteiger partial charge on any atom is 0.231 e. The number of aromatic nitrogens is 1. The zero-order valence-electron chi connectivity index (χ0n) is 11.8. The third-order valence-electron chi connectivity index (χ3n) is 4.22. The lowest BCUT2D eigenvalue weighted by molar-refractivity contribution is 0.231. The van der Waals surface area contributed by atoms with Crippen molar-refractivity contribution in [2.45, 2.75) is 51.0 Å². The first-order chi connectivity index (χ1) is 9.86. The maximum atomic E-state index is 9.27. The highest BCUT2D eigenvalue weighted by Gasteiger charge is 2.18. The largest absolute Gasteiger partial charge is 0.475 e. The number of nitriles is 1. The van der Waals surface area contributed by atoms with Gasteiger partial charge in [-0.1, -0.05) is 6.42 Å². The molecule has 1 aromatic heterocycles. The molecule has 0 radical (unpaired) electrons. The molecule has 0 bridgehead atoms. The van der Waals surface area contributed by atoms with Crippen molar-refractivity contribution in [3.63, 3.8) is 0 Å². The fraction of sp³-hybridized carbons (Fsp3) is 0.625. The molecule has 1 aromatic rings. The van der Waals surface area contributed by atoms with E-state index in [0.29, 0.717) is 24.1 Å². The van der Waals surface area contributed by atoms with E-state index in [9.17, 15) is 5.26 Å². The summed E-state index contributed by atoms with van der Waals surface area (Å²) < 4.78 is 5.84. The Bertz CT molecular complexity index is 515. The van der Waals surface area contributed by atoms with E-state index >= 15 is 0 Å². The van der Waals surface area contributed by atoms with Gasteiger partial charge < -0.3 is 10.1 Å². The lowest BCUT2D eigenvalue weighted by atomic mass is 9.95. The van der Waals surface area contributed by atoms with Crippen molar-refractivity contribution >= 4 is 0 Å². The van der Waals surface area contributed by atoms with Gasteiger partial charge in [-0.2, -0.15) is 5.26 Å². The Morgan fingerprint density at radius 2 is 2.20 bits per heavy atom. The van der Waals surface area contributed by atoms with Crippen LogP contribution in [0.4, 0.5) is 0 Å².